The van der Waals surface area contributed by atoms with Gasteiger partial charge >= 0.3 is 5.97 Å². The van der Waals surface area contributed by atoms with Crippen LogP contribution in [-0.2, 0) is 14.3 Å². The van der Waals surface area contributed by atoms with Gasteiger partial charge in [0.15, 0.2) is 6.61 Å². The minimum atomic E-state index is -0.181. The molecule has 0 radical (unpaired) electrons. The van der Waals surface area contributed by atoms with E-state index in [0.29, 0.717) is 6.42 Å². The first-order valence-corrected chi connectivity index (χ1v) is 11.4. The Bertz CT molecular complexity index is 541. The van der Waals surface area contributed by atoms with E-state index < -0.39 is 0 Å². The van der Waals surface area contributed by atoms with Crippen LogP contribution in [0.2, 0.25) is 0 Å². The zero-order valence-electron chi connectivity index (χ0n) is 15.7. The maximum absolute atomic E-state index is 12.5. The van der Waals surface area contributed by atoms with E-state index in [-0.39, 0.29) is 34.3 Å². The first-order valence-electron chi connectivity index (χ1n) is 10.6. The molecule has 5 fully saturated rings. The van der Waals surface area contributed by atoms with Crippen molar-refractivity contribution in [2.75, 3.05) is 6.61 Å². The van der Waals surface area contributed by atoms with Crippen molar-refractivity contribution < 1.29 is 14.3 Å². The van der Waals surface area contributed by atoms with Gasteiger partial charge in [0.1, 0.15) is 0 Å². The number of esters is 1. The zero-order chi connectivity index (χ0) is 18.2. The standard InChI is InChI=1S/C21H32BrNO3/c22-21-10-15-7-16(11-21)9-20(8-15,14-21)12-19(25)26-13-18(24)23-17-5-3-1-2-4-6-17/h15-17H,1-14H2,(H,23,24)/t15-,16+,20?,21?. The summed E-state index contributed by atoms with van der Waals surface area (Å²) in [5, 5.41) is 3.06. The van der Waals surface area contributed by atoms with E-state index in [1.54, 1.807) is 0 Å². The summed E-state index contributed by atoms with van der Waals surface area (Å²) in [4.78, 5) is 24.6. The van der Waals surface area contributed by atoms with Crippen LogP contribution in [0.1, 0.15) is 83.5 Å². The van der Waals surface area contributed by atoms with Crippen molar-refractivity contribution in [3.8, 4) is 0 Å². The average Bonchev–Trinajstić information content (AvgIpc) is 2.78. The summed E-state index contributed by atoms with van der Waals surface area (Å²) >= 11 is 3.99. The van der Waals surface area contributed by atoms with Crippen LogP contribution >= 0.6 is 15.9 Å². The summed E-state index contributed by atoms with van der Waals surface area (Å²) in [5.41, 5.74) is 0.114. The van der Waals surface area contributed by atoms with Gasteiger partial charge in [-0.3, -0.25) is 9.59 Å². The molecule has 5 rings (SSSR count). The van der Waals surface area contributed by atoms with Crippen LogP contribution in [0.4, 0.5) is 0 Å². The number of hydrogen-bond donors (Lipinski definition) is 1. The zero-order valence-corrected chi connectivity index (χ0v) is 17.3. The molecule has 1 N–H and O–H groups in total. The predicted octanol–water partition coefficient (Wildman–Crippen LogP) is 4.49. The summed E-state index contributed by atoms with van der Waals surface area (Å²) in [6.07, 6.45) is 14.8. The monoisotopic (exact) mass is 425 g/mol. The summed E-state index contributed by atoms with van der Waals surface area (Å²) < 4.78 is 5.64. The maximum Gasteiger partial charge on any atom is 0.306 e. The lowest BCUT2D eigenvalue weighted by atomic mass is 9.49. The van der Waals surface area contributed by atoms with Crippen LogP contribution in [0.25, 0.3) is 0 Å². The number of hydrogen-bond acceptors (Lipinski definition) is 3. The number of halogens is 1. The lowest BCUT2D eigenvalue weighted by Crippen LogP contribution is -2.53. The summed E-state index contributed by atoms with van der Waals surface area (Å²) in [7, 11) is 0. The third-order valence-electron chi connectivity index (χ3n) is 7.21. The van der Waals surface area contributed by atoms with Gasteiger partial charge < -0.3 is 10.1 Å². The van der Waals surface area contributed by atoms with Crippen molar-refractivity contribution in [2.45, 2.75) is 93.8 Å². The van der Waals surface area contributed by atoms with Gasteiger partial charge in [0, 0.05) is 10.4 Å². The van der Waals surface area contributed by atoms with Crippen LogP contribution in [-0.4, -0.2) is 28.8 Å². The normalized spacial score (nSPS) is 39.4. The smallest absolute Gasteiger partial charge is 0.306 e. The lowest BCUT2D eigenvalue weighted by molar-refractivity contribution is -0.154. The number of nitrogens with one attached hydrogen (secondary N) is 1. The van der Waals surface area contributed by atoms with Crippen LogP contribution in [0, 0.1) is 17.3 Å². The molecular formula is C21H32BrNO3. The highest BCUT2D eigenvalue weighted by atomic mass is 79.9. The van der Waals surface area contributed by atoms with E-state index in [1.165, 1.54) is 57.8 Å². The number of rotatable bonds is 5. The molecule has 5 aliphatic carbocycles. The van der Waals surface area contributed by atoms with Crippen molar-refractivity contribution in [2.24, 2.45) is 17.3 Å². The molecule has 2 unspecified atom stereocenters. The molecular weight excluding hydrogens is 394 g/mol. The fourth-order valence-corrected chi connectivity index (χ4v) is 8.25. The largest absolute Gasteiger partial charge is 0.456 e. The van der Waals surface area contributed by atoms with E-state index >= 15 is 0 Å². The molecule has 5 saturated carbocycles. The fraction of sp³-hybridized carbons (Fsp3) is 0.905. The van der Waals surface area contributed by atoms with Gasteiger partial charge in [-0.25, -0.2) is 0 Å². The highest BCUT2D eigenvalue weighted by molar-refractivity contribution is 9.10. The third-order valence-corrected chi connectivity index (χ3v) is 8.14. The van der Waals surface area contributed by atoms with Crippen molar-refractivity contribution >= 4 is 27.8 Å². The van der Waals surface area contributed by atoms with Crippen molar-refractivity contribution in [1.29, 1.82) is 0 Å². The van der Waals surface area contributed by atoms with Crippen LogP contribution < -0.4 is 5.32 Å². The van der Waals surface area contributed by atoms with Crippen molar-refractivity contribution in [3.63, 3.8) is 0 Å². The molecule has 0 aromatic rings. The molecule has 4 nitrogen and oxygen atoms in total. The van der Waals surface area contributed by atoms with Crippen molar-refractivity contribution in [3.05, 3.63) is 0 Å². The Morgan fingerprint density at radius 3 is 2.27 bits per heavy atom. The van der Waals surface area contributed by atoms with E-state index in [0.717, 1.165) is 31.1 Å². The molecule has 0 aromatic carbocycles. The molecule has 0 heterocycles. The highest BCUT2D eigenvalue weighted by Gasteiger charge is 2.57. The second-order valence-corrected chi connectivity index (χ2v) is 11.4. The number of carbonyl (C=O) groups excluding carboxylic acids is 2. The predicted molar refractivity (Wildman–Crippen MR) is 104 cm³/mol. The van der Waals surface area contributed by atoms with Crippen LogP contribution in [0.15, 0.2) is 0 Å². The molecule has 26 heavy (non-hydrogen) atoms. The number of alkyl halides is 1. The first kappa shape index (κ1) is 18.8. The van der Waals surface area contributed by atoms with E-state index in [9.17, 15) is 9.59 Å². The van der Waals surface area contributed by atoms with Gasteiger partial charge in [-0.1, -0.05) is 41.6 Å². The second kappa shape index (κ2) is 7.44. The molecule has 5 heteroatoms. The van der Waals surface area contributed by atoms with Crippen LogP contribution in [0.5, 0.6) is 0 Å². The van der Waals surface area contributed by atoms with Gasteiger partial charge in [0.2, 0.25) is 0 Å². The first-order chi connectivity index (χ1) is 12.4. The van der Waals surface area contributed by atoms with E-state index in [2.05, 4.69) is 21.2 Å². The Morgan fingerprint density at radius 1 is 1.00 bits per heavy atom. The summed E-state index contributed by atoms with van der Waals surface area (Å²) in [6.45, 7) is -0.113. The molecule has 5 aliphatic rings. The molecule has 1 amide bonds. The molecule has 146 valence electrons. The van der Waals surface area contributed by atoms with Crippen LogP contribution in [0.3, 0.4) is 0 Å². The molecule has 0 aliphatic heterocycles. The van der Waals surface area contributed by atoms with Gasteiger partial charge in [0.25, 0.3) is 5.91 Å². The Labute approximate surface area is 165 Å². The quantitative estimate of drug-likeness (QED) is 0.400. The summed E-state index contributed by atoms with van der Waals surface area (Å²) in [5.74, 6) is 1.22. The molecule has 0 aromatic heterocycles. The average molecular weight is 426 g/mol. The highest BCUT2D eigenvalue weighted by Crippen LogP contribution is 2.65. The van der Waals surface area contributed by atoms with E-state index in [1.807, 2.05) is 0 Å². The Morgan fingerprint density at radius 2 is 1.65 bits per heavy atom. The Kier molecular flexibility index (Phi) is 5.37. The Hall–Kier alpha value is -0.580. The second-order valence-electron chi connectivity index (χ2n) is 9.71. The molecule has 0 saturated heterocycles. The maximum atomic E-state index is 12.5. The Balaban J connectivity index is 1.25. The minimum Gasteiger partial charge on any atom is -0.456 e. The summed E-state index contributed by atoms with van der Waals surface area (Å²) in [6, 6.07) is 0.264. The van der Waals surface area contributed by atoms with Gasteiger partial charge in [-0.05, 0) is 68.6 Å². The number of ether oxygens (including phenoxy) is 1. The number of amides is 1. The molecule has 0 spiro atoms. The molecule has 4 atom stereocenters. The topological polar surface area (TPSA) is 55.4 Å². The van der Waals surface area contributed by atoms with Gasteiger partial charge in [-0.15, -0.1) is 0 Å². The molecule has 4 bridgehead atoms. The fourth-order valence-electron chi connectivity index (χ4n) is 6.74. The SMILES string of the molecule is O=C(COC(=O)CC12C[C@@H]3C[C@@H](CC(Br)(C3)C1)C2)NC1CCCCCC1. The number of carbonyl (C=O) groups is 2. The minimum absolute atomic E-state index is 0.113. The van der Waals surface area contributed by atoms with Gasteiger partial charge in [0.05, 0.1) is 6.42 Å². The van der Waals surface area contributed by atoms with Gasteiger partial charge in [-0.2, -0.15) is 0 Å². The van der Waals surface area contributed by atoms with Crippen molar-refractivity contribution in [1.82, 2.24) is 5.32 Å². The third kappa shape index (κ3) is 4.28. The lowest BCUT2D eigenvalue weighted by Gasteiger charge is -2.60. The van der Waals surface area contributed by atoms with E-state index in [4.69, 9.17) is 4.74 Å².